The van der Waals surface area contributed by atoms with Crippen LogP contribution in [0.2, 0.25) is 0 Å². The van der Waals surface area contributed by atoms with Crippen molar-refractivity contribution in [2.45, 2.75) is 13.8 Å². The summed E-state index contributed by atoms with van der Waals surface area (Å²) in [4.78, 5) is 17.7. The number of hydrogen-bond donors (Lipinski definition) is 3. The van der Waals surface area contributed by atoms with Crippen LogP contribution < -0.4 is 16.0 Å². The lowest BCUT2D eigenvalue weighted by Crippen LogP contribution is -2.05. The average Bonchev–Trinajstić information content (AvgIpc) is 3.38. The Morgan fingerprint density at radius 3 is 2.05 bits per heavy atom. The van der Waals surface area contributed by atoms with E-state index in [2.05, 4.69) is 52.3 Å². The van der Waals surface area contributed by atoms with Gasteiger partial charge in [-0.3, -0.25) is 0 Å². The van der Waals surface area contributed by atoms with Crippen LogP contribution in [0.3, 0.4) is 0 Å². The minimum absolute atomic E-state index is 0.175. The van der Waals surface area contributed by atoms with Gasteiger partial charge in [-0.15, -0.1) is 10.2 Å². The molecule has 12 heteroatoms. The molecule has 192 valence electrons. The fraction of sp³-hybridized carbons (Fsp3) is 0.111. The van der Waals surface area contributed by atoms with Crippen molar-refractivity contribution >= 4 is 40.5 Å². The summed E-state index contributed by atoms with van der Waals surface area (Å²) in [6, 6.07) is 19.6. The quantitative estimate of drug-likeness (QED) is 0.214. The van der Waals surface area contributed by atoms with Crippen molar-refractivity contribution < 1.29 is 0 Å². The SMILES string of the molecule is CNc1nc(Nc2ccc(C)cc2)nc(Nc2ccc(C)cc2)c1/N=N/c1c(C#N)cnn1-c1ncccn1. The highest BCUT2D eigenvalue weighted by atomic mass is 15.4. The summed E-state index contributed by atoms with van der Waals surface area (Å²) in [6.45, 7) is 4.04. The Morgan fingerprint density at radius 2 is 1.44 bits per heavy atom. The number of nitriles is 1. The van der Waals surface area contributed by atoms with Gasteiger partial charge < -0.3 is 16.0 Å². The normalized spacial score (nSPS) is 10.8. The summed E-state index contributed by atoms with van der Waals surface area (Å²) >= 11 is 0. The molecule has 5 rings (SSSR count). The number of rotatable bonds is 8. The van der Waals surface area contributed by atoms with Crippen molar-refractivity contribution in [2.24, 2.45) is 10.2 Å². The van der Waals surface area contributed by atoms with Gasteiger partial charge in [0.1, 0.15) is 11.6 Å². The van der Waals surface area contributed by atoms with Crippen molar-refractivity contribution in [1.82, 2.24) is 29.7 Å². The van der Waals surface area contributed by atoms with E-state index in [1.54, 1.807) is 25.5 Å². The molecule has 0 radical (unpaired) electrons. The lowest BCUT2D eigenvalue weighted by molar-refractivity contribution is 0.803. The lowest BCUT2D eigenvalue weighted by Gasteiger charge is -2.14. The van der Waals surface area contributed by atoms with Gasteiger partial charge in [0.2, 0.25) is 5.95 Å². The Balaban J connectivity index is 1.59. The number of anilines is 5. The number of nitrogens with zero attached hydrogens (tertiary/aromatic N) is 9. The van der Waals surface area contributed by atoms with Gasteiger partial charge in [0, 0.05) is 30.8 Å². The van der Waals surface area contributed by atoms with Crippen LogP contribution >= 0.6 is 0 Å². The summed E-state index contributed by atoms with van der Waals surface area (Å²) < 4.78 is 1.35. The molecule has 5 aromatic rings. The van der Waals surface area contributed by atoms with E-state index in [-0.39, 0.29) is 17.3 Å². The van der Waals surface area contributed by atoms with Crippen LogP contribution in [0.1, 0.15) is 16.7 Å². The monoisotopic (exact) mass is 516 g/mol. The van der Waals surface area contributed by atoms with Crippen LogP contribution in [-0.2, 0) is 0 Å². The molecule has 0 aliphatic heterocycles. The van der Waals surface area contributed by atoms with Crippen molar-refractivity contribution in [2.75, 3.05) is 23.0 Å². The van der Waals surface area contributed by atoms with Crippen molar-refractivity contribution in [3.8, 4) is 12.0 Å². The lowest BCUT2D eigenvalue weighted by atomic mass is 10.2. The molecule has 3 aromatic heterocycles. The molecule has 0 atom stereocenters. The Bertz CT molecular complexity index is 1650. The molecule has 0 unspecified atom stereocenters. The predicted molar refractivity (Wildman–Crippen MR) is 149 cm³/mol. The molecule has 0 saturated heterocycles. The zero-order chi connectivity index (χ0) is 27.2. The van der Waals surface area contributed by atoms with Crippen LogP contribution in [0.4, 0.5) is 40.5 Å². The van der Waals surface area contributed by atoms with E-state index < -0.39 is 0 Å². The number of azo groups is 1. The van der Waals surface area contributed by atoms with Crippen molar-refractivity contribution in [1.29, 1.82) is 5.26 Å². The molecule has 0 spiro atoms. The number of benzene rings is 2. The van der Waals surface area contributed by atoms with Crippen LogP contribution in [0.5, 0.6) is 0 Å². The molecular formula is C27H24N12. The summed E-state index contributed by atoms with van der Waals surface area (Å²) in [7, 11) is 1.73. The standard InChI is InChI=1S/C27H24N12/c1-17-5-9-20(10-6-17)33-24-22(23(29-3)35-26(36-24)34-21-11-7-18(2)8-12-21)37-38-25-19(15-28)16-32-39(25)27-30-13-4-14-31-27/h4-14,16H,1-3H3,(H3,29,33,34,35,36)/b38-37+. The molecule has 0 saturated carbocycles. The van der Waals surface area contributed by atoms with Crippen molar-refractivity contribution in [3.05, 3.63) is 89.9 Å². The summed E-state index contributed by atoms with van der Waals surface area (Å²) in [5.41, 5.74) is 4.46. The van der Waals surface area contributed by atoms with Gasteiger partial charge in [-0.05, 0) is 44.2 Å². The van der Waals surface area contributed by atoms with Gasteiger partial charge in [-0.1, -0.05) is 35.4 Å². The second-order valence-corrected chi connectivity index (χ2v) is 8.48. The molecule has 0 bridgehead atoms. The van der Waals surface area contributed by atoms with E-state index in [0.717, 1.165) is 22.5 Å². The molecule has 0 fully saturated rings. The van der Waals surface area contributed by atoms with Gasteiger partial charge >= 0.3 is 0 Å². The van der Waals surface area contributed by atoms with Crippen molar-refractivity contribution in [3.63, 3.8) is 0 Å². The summed E-state index contributed by atoms with van der Waals surface area (Å²) in [6.07, 6.45) is 4.54. The first-order chi connectivity index (χ1) is 19.0. The molecule has 39 heavy (non-hydrogen) atoms. The molecule has 3 N–H and O–H groups in total. The summed E-state index contributed by atoms with van der Waals surface area (Å²) in [5, 5.41) is 32.3. The molecule has 0 aliphatic carbocycles. The zero-order valence-electron chi connectivity index (χ0n) is 21.5. The van der Waals surface area contributed by atoms with Crippen LogP contribution in [0, 0.1) is 25.2 Å². The van der Waals surface area contributed by atoms with E-state index in [9.17, 15) is 5.26 Å². The van der Waals surface area contributed by atoms with E-state index in [0.29, 0.717) is 23.3 Å². The second-order valence-electron chi connectivity index (χ2n) is 8.48. The number of hydrogen-bond acceptors (Lipinski definition) is 11. The molecule has 3 heterocycles. The van der Waals surface area contributed by atoms with Gasteiger partial charge in [0.25, 0.3) is 5.95 Å². The first-order valence-electron chi connectivity index (χ1n) is 12.0. The van der Waals surface area contributed by atoms with Gasteiger partial charge in [-0.25, -0.2) is 9.97 Å². The highest BCUT2D eigenvalue weighted by molar-refractivity contribution is 5.79. The Morgan fingerprint density at radius 1 is 0.821 bits per heavy atom. The van der Waals surface area contributed by atoms with Gasteiger partial charge in [0.15, 0.2) is 23.1 Å². The molecule has 12 nitrogen and oxygen atoms in total. The first kappa shape index (κ1) is 25.0. The van der Waals surface area contributed by atoms with Gasteiger partial charge in [-0.2, -0.15) is 25.0 Å². The minimum Gasteiger partial charge on any atom is -0.371 e. The third-order valence-electron chi connectivity index (χ3n) is 5.59. The summed E-state index contributed by atoms with van der Waals surface area (Å²) in [5.74, 6) is 1.61. The zero-order valence-corrected chi connectivity index (χ0v) is 21.5. The molecule has 0 aliphatic rings. The average molecular weight is 517 g/mol. The van der Waals surface area contributed by atoms with Crippen LogP contribution in [0.15, 0.2) is 83.4 Å². The van der Waals surface area contributed by atoms with E-state index in [1.807, 2.05) is 62.4 Å². The Hall–Kier alpha value is -5.70. The second kappa shape index (κ2) is 11.1. The van der Waals surface area contributed by atoms with Crippen LogP contribution in [0.25, 0.3) is 5.95 Å². The van der Waals surface area contributed by atoms with Crippen LogP contribution in [-0.4, -0.2) is 36.8 Å². The maximum absolute atomic E-state index is 9.64. The largest absolute Gasteiger partial charge is 0.371 e. The maximum atomic E-state index is 9.64. The third kappa shape index (κ3) is 5.67. The molecule has 2 aromatic carbocycles. The molecule has 0 amide bonds. The fourth-order valence-electron chi connectivity index (χ4n) is 3.57. The minimum atomic E-state index is 0.175. The third-order valence-corrected chi connectivity index (χ3v) is 5.59. The highest BCUT2D eigenvalue weighted by Crippen LogP contribution is 2.36. The highest BCUT2D eigenvalue weighted by Gasteiger charge is 2.18. The van der Waals surface area contributed by atoms with Gasteiger partial charge in [0.05, 0.1) is 6.20 Å². The van der Waals surface area contributed by atoms with E-state index >= 15 is 0 Å². The maximum Gasteiger partial charge on any atom is 0.252 e. The number of aryl methyl sites for hydroxylation is 2. The van der Waals surface area contributed by atoms with E-state index in [4.69, 9.17) is 4.98 Å². The topological polar surface area (TPSA) is 154 Å². The number of aromatic nitrogens is 6. The molecular weight excluding hydrogens is 492 g/mol. The van der Waals surface area contributed by atoms with E-state index in [1.165, 1.54) is 10.9 Å². The predicted octanol–water partition coefficient (Wildman–Crippen LogP) is 5.89. The smallest absolute Gasteiger partial charge is 0.252 e. The first-order valence-corrected chi connectivity index (χ1v) is 12.0. The number of nitrogens with one attached hydrogen (secondary N) is 3. The Labute approximate surface area is 224 Å². The fourth-order valence-corrected chi connectivity index (χ4v) is 3.57. The Kier molecular flexibility index (Phi) is 7.13.